The van der Waals surface area contributed by atoms with Crippen molar-refractivity contribution in [2.75, 3.05) is 7.05 Å². The molecular formula is C7H9N3O. The highest BCUT2D eigenvalue weighted by atomic mass is 16.1. The maximum atomic E-state index is 11.0. The zero-order chi connectivity index (χ0) is 8.27. The van der Waals surface area contributed by atoms with Crippen molar-refractivity contribution in [3.8, 4) is 0 Å². The molecule has 1 N–H and O–H groups in total. The SMILES string of the molecule is CNC(=O)c1cc(C)ncn1. The van der Waals surface area contributed by atoms with Gasteiger partial charge in [0, 0.05) is 12.7 Å². The molecule has 0 aromatic carbocycles. The second kappa shape index (κ2) is 3.09. The van der Waals surface area contributed by atoms with E-state index in [2.05, 4.69) is 15.3 Å². The van der Waals surface area contributed by atoms with E-state index in [1.54, 1.807) is 13.1 Å². The van der Waals surface area contributed by atoms with Gasteiger partial charge in [0.25, 0.3) is 5.91 Å². The Balaban J connectivity index is 2.96. The molecule has 58 valence electrons. The third kappa shape index (κ3) is 1.73. The molecule has 4 heteroatoms. The van der Waals surface area contributed by atoms with Gasteiger partial charge in [-0.05, 0) is 13.0 Å². The number of rotatable bonds is 1. The summed E-state index contributed by atoms with van der Waals surface area (Å²) in [6.07, 6.45) is 1.37. The van der Waals surface area contributed by atoms with Gasteiger partial charge < -0.3 is 5.32 Å². The molecule has 1 rings (SSSR count). The molecule has 0 aliphatic rings. The lowest BCUT2D eigenvalue weighted by Gasteiger charge is -1.97. The van der Waals surface area contributed by atoms with E-state index in [0.717, 1.165) is 5.69 Å². The molecule has 1 aromatic heterocycles. The van der Waals surface area contributed by atoms with Crippen LogP contribution in [0.3, 0.4) is 0 Å². The Bertz CT molecular complexity index is 272. The fraction of sp³-hybridized carbons (Fsp3) is 0.286. The van der Waals surface area contributed by atoms with Crippen molar-refractivity contribution < 1.29 is 4.79 Å². The topological polar surface area (TPSA) is 54.9 Å². The Labute approximate surface area is 64.7 Å². The lowest BCUT2D eigenvalue weighted by Crippen LogP contribution is -2.19. The Kier molecular flexibility index (Phi) is 2.15. The highest BCUT2D eigenvalue weighted by molar-refractivity contribution is 5.91. The molecular weight excluding hydrogens is 142 g/mol. The summed E-state index contributed by atoms with van der Waals surface area (Å²) in [5, 5.41) is 2.48. The minimum atomic E-state index is -0.185. The predicted octanol–water partition coefficient (Wildman–Crippen LogP) is 0.145. The highest BCUT2D eigenvalue weighted by Gasteiger charge is 2.03. The summed E-state index contributed by atoms with van der Waals surface area (Å²) in [7, 11) is 1.57. The van der Waals surface area contributed by atoms with Gasteiger partial charge in [-0.15, -0.1) is 0 Å². The molecule has 0 radical (unpaired) electrons. The first kappa shape index (κ1) is 7.65. The van der Waals surface area contributed by atoms with Gasteiger partial charge in [-0.3, -0.25) is 4.79 Å². The molecule has 0 aliphatic heterocycles. The summed E-state index contributed by atoms with van der Waals surface area (Å²) in [4.78, 5) is 18.6. The van der Waals surface area contributed by atoms with Crippen LogP contribution in [0.2, 0.25) is 0 Å². The number of aromatic nitrogens is 2. The van der Waals surface area contributed by atoms with Gasteiger partial charge >= 0.3 is 0 Å². The highest BCUT2D eigenvalue weighted by Crippen LogP contribution is 1.94. The molecule has 0 atom stereocenters. The van der Waals surface area contributed by atoms with E-state index in [9.17, 15) is 4.79 Å². The van der Waals surface area contributed by atoms with E-state index in [4.69, 9.17) is 0 Å². The van der Waals surface area contributed by atoms with Crippen molar-refractivity contribution >= 4 is 5.91 Å². The number of amides is 1. The van der Waals surface area contributed by atoms with E-state index in [1.165, 1.54) is 6.33 Å². The smallest absolute Gasteiger partial charge is 0.269 e. The van der Waals surface area contributed by atoms with Crippen molar-refractivity contribution in [2.45, 2.75) is 6.92 Å². The summed E-state index contributed by atoms with van der Waals surface area (Å²) in [6, 6.07) is 1.64. The number of carbonyl (C=O) groups is 1. The van der Waals surface area contributed by atoms with E-state index >= 15 is 0 Å². The van der Waals surface area contributed by atoms with Crippen LogP contribution in [-0.2, 0) is 0 Å². The molecule has 0 saturated carbocycles. The van der Waals surface area contributed by atoms with Crippen LogP contribution in [0.5, 0.6) is 0 Å². The standard InChI is InChI=1S/C7H9N3O/c1-5-3-6(7(11)8-2)10-4-9-5/h3-4H,1-2H3,(H,8,11). The Hall–Kier alpha value is -1.45. The molecule has 0 fully saturated rings. The maximum Gasteiger partial charge on any atom is 0.269 e. The third-order valence-electron chi connectivity index (χ3n) is 1.26. The molecule has 0 spiro atoms. The van der Waals surface area contributed by atoms with Crippen LogP contribution in [0.1, 0.15) is 16.2 Å². The molecule has 0 aliphatic carbocycles. The van der Waals surface area contributed by atoms with Crippen LogP contribution in [-0.4, -0.2) is 22.9 Å². The van der Waals surface area contributed by atoms with E-state index in [0.29, 0.717) is 5.69 Å². The summed E-state index contributed by atoms with van der Waals surface area (Å²) < 4.78 is 0. The van der Waals surface area contributed by atoms with E-state index in [1.807, 2.05) is 6.92 Å². The molecule has 0 saturated heterocycles. The number of aryl methyl sites for hydroxylation is 1. The van der Waals surface area contributed by atoms with Crippen molar-refractivity contribution in [3.05, 3.63) is 23.8 Å². The largest absolute Gasteiger partial charge is 0.354 e. The normalized spacial score (nSPS) is 9.27. The molecule has 1 amide bonds. The first-order valence-corrected chi connectivity index (χ1v) is 3.25. The number of hydrogen-bond donors (Lipinski definition) is 1. The van der Waals surface area contributed by atoms with Crippen LogP contribution in [0, 0.1) is 6.92 Å². The minimum Gasteiger partial charge on any atom is -0.354 e. The lowest BCUT2D eigenvalue weighted by atomic mass is 10.3. The quantitative estimate of drug-likeness (QED) is 0.621. The van der Waals surface area contributed by atoms with Gasteiger partial charge in [-0.2, -0.15) is 0 Å². The van der Waals surface area contributed by atoms with Crippen LogP contribution >= 0.6 is 0 Å². The average Bonchev–Trinajstić information content (AvgIpc) is 2.03. The maximum absolute atomic E-state index is 11.0. The van der Waals surface area contributed by atoms with Crippen molar-refractivity contribution in [1.82, 2.24) is 15.3 Å². The number of nitrogens with one attached hydrogen (secondary N) is 1. The molecule has 1 aromatic rings. The zero-order valence-electron chi connectivity index (χ0n) is 6.46. The van der Waals surface area contributed by atoms with Crippen molar-refractivity contribution in [1.29, 1.82) is 0 Å². The second-order valence-corrected chi connectivity index (χ2v) is 2.12. The summed E-state index contributed by atoms with van der Waals surface area (Å²) >= 11 is 0. The number of carbonyl (C=O) groups excluding carboxylic acids is 1. The van der Waals surface area contributed by atoms with E-state index < -0.39 is 0 Å². The van der Waals surface area contributed by atoms with Crippen LogP contribution in [0.25, 0.3) is 0 Å². The zero-order valence-corrected chi connectivity index (χ0v) is 6.46. The Morgan fingerprint density at radius 2 is 2.27 bits per heavy atom. The van der Waals surface area contributed by atoms with Crippen LogP contribution in [0.15, 0.2) is 12.4 Å². The van der Waals surface area contributed by atoms with Crippen LogP contribution < -0.4 is 5.32 Å². The predicted molar refractivity (Wildman–Crippen MR) is 40.2 cm³/mol. The van der Waals surface area contributed by atoms with Gasteiger partial charge in [0.1, 0.15) is 12.0 Å². The fourth-order valence-corrected chi connectivity index (χ4v) is 0.707. The van der Waals surface area contributed by atoms with Gasteiger partial charge in [0.05, 0.1) is 0 Å². The lowest BCUT2D eigenvalue weighted by molar-refractivity contribution is 0.0958. The average molecular weight is 151 g/mol. The molecule has 0 unspecified atom stereocenters. The fourth-order valence-electron chi connectivity index (χ4n) is 0.707. The Morgan fingerprint density at radius 1 is 1.55 bits per heavy atom. The summed E-state index contributed by atoms with van der Waals surface area (Å²) in [5.41, 5.74) is 1.19. The minimum absolute atomic E-state index is 0.185. The molecule has 11 heavy (non-hydrogen) atoms. The number of nitrogens with zero attached hydrogens (tertiary/aromatic N) is 2. The molecule has 1 heterocycles. The van der Waals surface area contributed by atoms with Gasteiger partial charge in [0.15, 0.2) is 0 Å². The summed E-state index contributed by atoms with van der Waals surface area (Å²) in [5.74, 6) is -0.185. The van der Waals surface area contributed by atoms with Crippen molar-refractivity contribution in [3.63, 3.8) is 0 Å². The monoisotopic (exact) mass is 151 g/mol. The van der Waals surface area contributed by atoms with E-state index in [-0.39, 0.29) is 5.91 Å². The first-order valence-electron chi connectivity index (χ1n) is 3.25. The molecule has 0 bridgehead atoms. The first-order chi connectivity index (χ1) is 5.24. The van der Waals surface area contributed by atoms with Gasteiger partial charge in [-0.1, -0.05) is 0 Å². The van der Waals surface area contributed by atoms with Gasteiger partial charge in [0.2, 0.25) is 0 Å². The third-order valence-corrected chi connectivity index (χ3v) is 1.26. The van der Waals surface area contributed by atoms with Crippen LogP contribution in [0.4, 0.5) is 0 Å². The second-order valence-electron chi connectivity index (χ2n) is 2.12. The Morgan fingerprint density at radius 3 is 2.82 bits per heavy atom. The number of hydrogen-bond acceptors (Lipinski definition) is 3. The molecule has 4 nitrogen and oxygen atoms in total. The summed E-state index contributed by atoms with van der Waals surface area (Å²) in [6.45, 7) is 1.81. The van der Waals surface area contributed by atoms with Crippen molar-refractivity contribution in [2.24, 2.45) is 0 Å². The van der Waals surface area contributed by atoms with Gasteiger partial charge in [-0.25, -0.2) is 9.97 Å².